The van der Waals surface area contributed by atoms with E-state index in [2.05, 4.69) is 26.1 Å². The molecule has 2 N–H and O–H groups in total. The van der Waals surface area contributed by atoms with Crippen LogP contribution >= 0.6 is 0 Å². The summed E-state index contributed by atoms with van der Waals surface area (Å²) in [6.07, 6.45) is 1.99. The van der Waals surface area contributed by atoms with E-state index in [9.17, 15) is 19.5 Å². The number of anilines is 1. The van der Waals surface area contributed by atoms with Crippen molar-refractivity contribution < 1.29 is 14.7 Å². The SMILES string of the molecule is Cc1c(NC(=O)c2ccc(C(C)(C)C)cc2)cccc1-c1cn(C)c(=O)c(Cc2ccc(C(C(=O)O)N(C)C(C)C)cc2)n1. The summed E-state index contributed by atoms with van der Waals surface area (Å²) in [7, 11) is 3.49. The number of benzene rings is 3. The standard InChI is InChI=1S/C36H42N4O4/c1-22(2)40(8)32(35(43)44)25-14-12-24(13-15-25)20-30-34(42)39(7)21-31(37-30)28-10-9-11-29(23(28)3)38-33(41)26-16-18-27(19-17-26)36(4,5)6/h9-19,21-22,32H,20H2,1-8H3,(H,38,41)(H,43,44). The first-order valence-electron chi connectivity index (χ1n) is 14.8. The highest BCUT2D eigenvalue weighted by atomic mass is 16.4. The number of carbonyl (C=O) groups excluding carboxylic acids is 1. The zero-order valence-corrected chi connectivity index (χ0v) is 26.8. The van der Waals surface area contributed by atoms with Crippen LogP contribution in [0.4, 0.5) is 5.69 Å². The Morgan fingerprint density at radius 2 is 1.64 bits per heavy atom. The van der Waals surface area contributed by atoms with Gasteiger partial charge in [-0.15, -0.1) is 0 Å². The molecule has 4 rings (SSSR count). The number of hydrogen-bond donors (Lipinski definition) is 2. The summed E-state index contributed by atoms with van der Waals surface area (Å²) < 4.78 is 1.52. The average Bonchev–Trinajstić information content (AvgIpc) is 2.96. The Balaban J connectivity index is 1.59. The Kier molecular flexibility index (Phi) is 9.54. The van der Waals surface area contributed by atoms with Gasteiger partial charge in [-0.05, 0) is 73.7 Å². The molecule has 4 aromatic rings. The molecule has 230 valence electrons. The van der Waals surface area contributed by atoms with E-state index in [0.717, 1.165) is 22.3 Å². The number of aryl methyl sites for hydroxylation is 1. The van der Waals surface area contributed by atoms with Crippen molar-refractivity contribution in [2.45, 2.75) is 65.5 Å². The van der Waals surface area contributed by atoms with Crippen molar-refractivity contribution in [3.63, 3.8) is 0 Å². The molecule has 44 heavy (non-hydrogen) atoms. The predicted octanol–water partition coefficient (Wildman–Crippen LogP) is 6.36. The molecule has 1 heterocycles. The van der Waals surface area contributed by atoms with Crippen molar-refractivity contribution in [3.8, 4) is 11.3 Å². The smallest absolute Gasteiger partial charge is 0.325 e. The maximum Gasteiger partial charge on any atom is 0.325 e. The summed E-state index contributed by atoms with van der Waals surface area (Å²) in [6, 6.07) is 19.9. The molecule has 8 heteroatoms. The van der Waals surface area contributed by atoms with Crippen LogP contribution in [0.25, 0.3) is 11.3 Å². The number of carbonyl (C=O) groups is 2. The molecule has 0 aliphatic heterocycles. The molecule has 0 aliphatic carbocycles. The van der Waals surface area contributed by atoms with Gasteiger partial charge in [-0.2, -0.15) is 0 Å². The van der Waals surface area contributed by atoms with Crippen LogP contribution in [-0.4, -0.2) is 44.5 Å². The highest BCUT2D eigenvalue weighted by molar-refractivity contribution is 6.05. The Labute approximate surface area is 259 Å². The molecule has 1 amide bonds. The molecule has 0 radical (unpaired) electrons. The van der Waals surface area contributed by atoms with Gasteiger partial charge >= 0.3 is 5.97 Å². The van der Waals surface area contributed by atoms with Crippen LogP contribution in [0.2, 0.25) is 0 Å². The molecule has 0 bridgehead atoms. The molecule has 0 saturated heterocycles. The summed E-state index contributed by atoms with van der Waals surface area (Å²) in [5, 5.41) is 12.9. The van der Waals surface area contributed by atoms with E-state index in [1.807, 2.05) is 75.4 Å². The number of likely N-dealkylation sites (N-methyl/N-ethyl adjacent to an activating group) is 1. The molecular weight excluding hydrogens is 552 g/mol. The topological polar surface area (TPSA) is 105 Å². The Bertz CT molecular complexity index is 1720. The van der Waals surface area contributed by atoms with Gasteiger partial charge in [0.25, 0.3) is 11.5 Å². The fourth-order valence-corrected chi connectivity index (χ4v) is 5.14. The number of hydrogen-bond acceptors (Lipinski definition) is 5. The second kappa shape index (κ2) is 13.0. The second-order valence-electron chi connectivity index (χ2n) is 12.7. The molecule has 0 aliphatic rings. The lowest BCUT2D eigenvalue weighted by Gasteiger charge is -2.28. The van der Waals surface area contributed by atoms with Crippen LogP contribution in [0.5, 0.6) is 0 Å². The van der Waals surface area contributed by atoms with Crippen LogP contribution in [0, 0.1) is 6.92 Å². The van der Waals surface area contributed by atoms with Gasteiger partial charge in [0.1, 0.15) is 11.7 Å². The van der Waals surface area contributed by atoms with Gasteiger partial charge in [-0.25, -0.2) is 4.98 Å². The normalized spacial score (nSPS) is 12.4. The number of amides is 1. The van der Waals surface area contributed by atoms with E-state index >= 15 is 0 Å². The third-order valence-electron chi connectivity index (χ3n) is 8.13. The summed E-state index contributed by atoms with van der Waals surface area (Å²) in [4.78, 5) is 44.7. The molecule has 3 aromatic carbocycles. The van der Waals surface area contributed by atoms with Crippen LogP contribution in [0.15, 0.2) is 77.7 Å². The maximum absolute atomic E-state index is 13.1. The van der Waals surface area contributed by atoms with E-state index in [-0.39, 0.29) is 22.9 Å². The number of nitrogens with one attached hydrogen (secondary N) is 1. The fourth-order valence-electron chi connectivity index (χ4n) is 5.14. The zero-order chi connectivity index (χ0) is 32.3. The van der Waals surface area contributed by atoms with Crippen LogP contribution in [0.3, 0.4) is 0 Å². The molecule has 1 aromatic heterocycles. The highest BCUT2D eigenvalue weighted by Crippen LogP contribution is 2.29. The molecule has 1 unspecified atom stereocenters. The first-order chi connectivity index (χ1) is 20.7. The Morgan fingerprint density at radius 3 is 2.20 bits per heavy atom. The van der Waals surface area contributed by atoms with Gasteiger partial charge in [0, 0.05) is 42.5 Å². The van der Waals surface area contributed by atoms with Gasteiger partial charge in [-0.1, -0.05) is 69.3 Å². The number of rotatable bonds is 9. The lowest BCUT2D eigenvalue weighted by Crippen LogP contribution is -2.35. The Hall–Kier alpha value is -4.56. The lowest BCUT2D eigenvalue weighted by atomic mass is 9.86. The summed E-state index contributed by atoms with van der Waals surface area (Å²) in [6.45, 7) is 12.2. The molecule has 0 saturated carbocycles. The minimum absolute atomic E-state index is 0.00108. The van der Waals surface area contributed by atoms with Gasteiger partial charge in [0.2, 0.25) is 0 Å². The van der Waals surface area contributed by atoms with E-state index in [1.165, 1.54) is 4.57 Å². The first kappa shape index (κ1) is 32.4. The van der Waals surface area contributed by atoms with Crippen molar-refractivity contribution in [1.82, 2.24) is 14.5 Å². The third-order valence-corrected chi connectivity index (χ3v) is 8.13. The van der Waals surface area contributed by atoms with E-state index in [0.29, 0.717) is 34.6 Å². The summed E-state index contributed by atoms with van der Waals surface area (Å²) >= 11 is 0. The number of aliphatic carboxylic acids is 1. The highest BCUT2D eigenvalue weighted by Gasteiger charge is 2.26. The van der Waals surface area contributed by atoms with Crippen molar-refractivity contribution in [2.75, 3.05) is 12.4 Å². The average molecular weight is 595 g/mol. The summed E-state index contributed by atoms with van der Waals surface area (Å²) in [5.74, 6) is -1.11. The van der Waals surface area contributed by atoms with Gasteiger partial charge < -0.3 is 15.0 Å². The maximum atomic E-state index is 13.1. The first-order valence-corrected chi connectivity index (χ1v) is 14.8. The largest absolute Gasteiger partial charge is 0.480 e. The monoisotopic (exact) mass is 594 g/mol. The zero-order valence-electron chi connectivity index (χ0n) is 26.8. The Morgan fingerprint density at radius 1 is 1.00 bits per heavy atom. The minimum Gasteiger partial charge on any atom is -0.480 e. The quantitative estimate of drug-likeness (QED) is 0.234. The van der Waals surface area contributed by atoms with Crippen molar-refractivity contribution in [3.05, 3.63) is 117 Å². The van der Waals surface area contributed by atoms with Crippen LogP contribution in [0.1, 0.15) is 79.0 Å². The molecular formula is C36H42N4O4. The van der Waals surface area contributed by atoms with Gasteiger partial charge in [0.05, 0.1) is 5.69 Å². The predicted molar refractivity (Wildman–Crippen MR) is 175 cm³/mol. The lowest BCUT2D eigenvalue weighted by molar-refractivity contribution is -0.143. The van der Waals surface area contributed by atoms with Crippen LogP contribution in [-0.2, 0) is 23.7 Å². The van der Waals surface area contributed by atoms with Crippen LogP contribution < -0.4 is 10.9 Å². The second-order valence-corrected chi connectivity index (χ2v) is 12.7. The molecule has 8 nitrogen and oxygen atoms in total. The fraction of sp³-hybridized carbons (Fsp3) is 0.333. The number of nitrogens with zero attached hydrogens (tertiary/aromatic N) is 3. The number of carboxylic acid groups (broad SMARTS) is 1. The molecule has 0 fully saturated rings. The number of carboxylic acids is 1. The van der Waals surface area contributed by atoms with Gasteiger partial charge in [-0.3, -0.25) is 19.3 Å². The third kappa shape index (κ3) is 7.14. The van der Waals surface area contributed by atoms with Crippen molar-refractivity contribution in [1.29, 1.82) is 0 Å². The van der Waals surface area contributed by atoms with Gasteiger partial charge in [0.15, 0.2) is 0 Å². The van der Waals surface area contributed by atoms with Crippen molar-refractivity contribution in [2.24, 2.45) is 7.05 Å². The number of aromatic nitrogens is 2. The van der Waals surface area contributed by atoms with E-state index in [4.69, 9.17) is 4.98 Å². The molecule has 0 spiro atoms. The summed E-state index contributed by atoms with van der Waals surface area (Å²) in [5.41, 5.74) is 6.34. The molecule has 1 atom stereocenters. The minimum atomic E-state index is -0.913. The van der Waals surface area contributed by atoms with Crippen molar-refractivity contribution >= 4 is 17.6 Å². The van der Waals surface area contributed by atoms with E-state index in [1.54, 1.807) is 37.3 Å². The van der Waals surface area contributed by atoms with E-state index < -0.39 is 12.0 Å².